The first-order valence-corrected chi connectivity index (χ1v) is 3.72. The summed E-state index contributed by atoms with van der Waals surface area (Å²) in [4.78, 5) is 4.08. The summed E-state index contributed by atoms with van der Waals surface area (Å²) in [7, 11) is 0. The highest BCUT2D eigenvalue weighted by Crippen LogP contribution is 2.16. The van der Waals surface area contributed by atoms with Crippen molar-refractivity contribution in [3.8, 4) is 0 Å². The molecule has 1 aliphatic rings. The van der Waals surface area contributed by atoms with Crippen molar-refractivity contribution >= 4 is 5.84 Å². The molecule has 58 valence electrons. The molecule has 0 amide bonds. The second-order valence-corrected chi connectivity index (χ2v) is 2.74. The molecule has 0 aromatic heterocycles. The summed E-state index contributed by atoms with van der Waals surface area (Å²) < 4.78 is 0. The van der Waals surface area contributed by atoms with Crippen molar-refractivity contribution in [3.05, 3.63) is 0 Å². The Morgan fingerprint density at radius 2 is 2.50 bits per heavy atom. The van der Waals surface area contributed by atoms with E-state index in [1.54, 1.807) is 0 Å². The van der Waals surface area contributed by atoms with Crippen LogP contribution in [0, 0.1) is 5.92 Å². The van der Waals surface area contributed by atoms with Crippen molar-refractivity contribution in [1.82, 2.24) is 0 Å². The maximum Gasteiger partial charge on any atom is 0.0939 e. The lowest BCUT2D eigenvalue weighted by molar-refractivity contribution is 0.253. The lowest BCUT2D eigenvalue weighted by Crippen LogP contribution is -2.23. The zero-order valence-electron chi connectivity index (χ0n) is 6.08. The molecule has 0 bridgehead atoms. The van der Waals surface area contributed by atoms with Gasteiger partial charge in [0.15, 0.2) is 0 Å². The minimum atomic E-state index is 0.276. The van der Waals surface area contributed by atoms with Gasteiger partial charge in [-0.1, -0.05) is 0 Å². The van der Waals surface area contributed by atoms with Crippen LogP contribution >= 0.6 is 0 Å². The van der Waals surface area contributed by atoms with E-state index in [1.165, 1.54) is 0 Å². The minimum absolute atomic E-state index is 0.276. The third-order valence-corrected chi connectivity index (χ3v) is 1.89. The number of hydrogen-bond donors (Lipinski definition) is 2. The number of rotatable bonds is 2. The maximum atomic E-state index is 8.62. The zero-order valence-corrected chi connectivity index (χ0v) is 6.08. The van der Waals surface area contributed by atoms with E-state index in [-0.39, 0.29) is 6.61 Å². The molecule has 1 unspecified atom stereocenters. The second kappa shape index (κ2) is 3.56. The molecule has 1 rings (SSSR count). The van der Waals surface area contributed by atoms with E-state index in [0.717, 1.165) is 31.6 Å². The summed E-state index contributed by atoms with van der Waals surface area (Å²) in [5.41, 5.74) is 5.52. The third kappa shape index (κ3) is 1.99. The Morgan fingerprint density at radius 3 is 3.10 bits per heavy atom. The number of hydrogen-bond acceptors (Lipinski definition) is 3. The van der Waals surface area contributed by atoms with Crippen LogP contribution in [-0.2, 0) is 0 Å². The zero-order chi connectivity index (χ0) is 7.40. The first-order chi connectivity index (χ1) is 4.83. The van der Waals surface area contributed by atoms with Crippen LogP contribution in [0.1, 0.15) is 19.3 Å². The van der Waals surface area contributed by atoms with Crippen molar-refractivity contribution in [2.75, 3.05) is 13.2 Å². The van der Waals surface area contributed by atoms with Gasteiger partial charge in [0.25, 0.3) is 0 Å². The molecule has 1 aliphatic heterocycles. The van der Waals surface area contributed by atoms with Gasteiger partial charge in [-0.05, 0) is 18.8 Å². The van der Waals surface area contributed by atoms with Crippen molar-refractivity contribution in [2.24, 2.45) is 16.6 Å². The van der Waals surface area contributed by atoms with Crippen LogP contribution in [0.15, 0.2) is 4.99 Å². The molecule has 3 heteroatoms. The highest BCUT2D eigenvalue weighted by atomic mass is 16.3. The molecule has 0 fully saturated rings. The molecule has 3 N–H and O–H groups in total. The van der Waals surface area contributed by atoms with Crippen LogP contribution in [-0.4, -0.2) is 24.1 Å². The molecule has 0 aromatic rings. The van der Waals surface area contributed by atoms with Crippen molar-refractivity contribution < 1.29 is 5.11 Å². The van der Waals surface area contributed by atoms with Crippen LogP contribution < -0.4 is 5.73 Å². The van der Waals surface area contributed by atoms with E-state index < -0.39 is 0 Å². The first kappa shape index (κ1) is 7.54. The average Bonchev–Trinajstić information content (AvgIpc) is 1.88. The Hall–Kier alpha value is -0.570. The molecule has 0 aliphatic carbocycles. The van der Waals surface area contributed by atoms with Crippen molar-refractivity contribution in [3.63, 3.8) is 0 Å². The van der Waals surface area contributed by atoms with Gasteiger partial charge >= 0.3 is 0 Å². The largest absolute Gasteiger partial charge is 0.396 e. The average molecular weight is 142 g/mol. The van der Waals surface area contributed by atoms with Gasteiger partial charge in [0, 0.05) is 19.6 Å². The summed E-state index contributed by atoms with van der Waals surface area (Å²) in [5, 5.41) is 8.62. The predicted molar refractivity (Wildman–Crippen MR) is 40.9 cm³/mol. The quantitative estimate of drug-likeness (QED) is 0.576. The van der Waals surface area contributed by atoms with E-state index in [9.17, 15) is 0 Å². The van der Waals surface area contributed by atoms with E-state index in [2.05, 4.69) is 4.99 Å². The number of aliphatic hydroxyl groups excluding tert-OH is 1. The van der Waals surface area contributed by atoms with Gasteiger partial charge in [0.1, 0.15) is 0 Å². The Labute approximate surface area is 61.0 Å². The summed E-state index contributed by atoms with van der Waals surface area (Å²) in [6.07, 6.45) is 2.83. The molecule has 0 spiro atoms. The lowest BCUT2D eigenvalue weighted by Gasteiger charge is -2.18. The minimum Gasteiger partial charge on any atom is -0.396 e. The molecule has 0 radical (unpaired) electrons. The molecule has 0 aromatic carbocycles. The third-order valence-electron chi connectivity index (χ3n) is 1.89. The van der Waals surface area contributed by atoms with Gasteiger partial charge < -0.3 is 10.8 Å². The Kier molecular flexibility index (Phi) is 2.68. The first-order valence-electron chi connectivity index (χ1n) is 3.72. The fourth-order valence-electron chi connectivity index (χ4n) is 1.28. The van der Waals surface area contributed by atoms with Crippen LogP contribution in [0.4, 0.5) is 0 Å². The Balaban J connectivity index is 2.30. The Morgan fingerprint density at radius 1 is 1.70 bits per heavy atom. The molecule has 3 nitrogen and oxygen atoms in total. The summed E-state index contributed by atoms with van der Waals surface area (Å²) >= 11 is 0. The molecular formula is C7H14N2O. The molecule has 10 heavy (non-hydrogen) atoms. The lowest BCUT2D eigenvalue weighted by atomic mass is 9.95. The van der Waals surface area contributed by atoms with Gasteiger partial charge in [-0.15, -0.1) is 0 Å². The van der Waals surface area contributed by atoms with Gasteiger partial charge in [0.2, 0.25) is 0 Å². The van der Waals surface area contributed by atoms with Gasteiger partial charge in [-0.2, -0.15) is 0 Å². The number of amidine groups is 1. The van der Waals surface area contributed by atoms with Crippen LogP contribution in [0.3, 0.4) is 0 Å². The molecule has 0 saturated heterocycles. The predicted octanol–water partition coefficient (Wildman–Crippen LogP) is 0.136. The number of nitrogens with two attached hydrogens (primary N) is 1. The van der Waals surface area contributed by atoms with E-state index in [4.69, 9.17) is 10.8 Å². The smallest absolute Gasteiger partial charge is 0.0939 e. The maximum absolute atomic E-state index is 8.62. The molecule has 1 atom stereocenters. The van der Waals surface area contributed by atoms with Crippen LogP contribution in [0.5, 0.6) is 0 Å². The monoisotopic (exact) mass is 142 g/mol. The number of aliphatic imine (C=N–C) groups is 1. The van der Waals surface area contributed by atoms with Crippen molar-refractivity contribution in [2.45, 2.75) is 19.3 Å². The normalized spacial score (nSPS) is 26.1. The van der Waals surface area contributed by atoms with Crippen LogP contribution in [0.2, 0.25) is 0 Å². The van der Waals surface area contributed by atoms with E-state index in [1.807, 2.05) is 0 Å². The van der Waals surface area contributed by atoms with E-state index in [0.29, 0.717) is 5.92 Å². The van der Waals surface area contributed by atoms with Gasteiger partial charge in [0.05, 0.1) is 5.84 Å². The van der Waals surface area contributed by atoms with E-state index >= 15 is 0 Å². The standard InChI is InChI=1S/C7H14N2O/c8-7-5-6(2-4-10)1-3-9-7/h6,10H,1-5H2,(H2,8,9). The molecular weight excluding hydrogens is 128 g/mol. The summed E-state index contributed by atoms with van der Waals surface area (Å²) in [6.45, 7) is 1.12. The Bertz CT molecular complexity index is 134. The van der Waals surface area contributed by atoms with Gasteiger partial charge in [-0.3, -0.25) is 4.99 Å². The topological polar surface area (TPSA) is 58.6 Å². The fraction of sp³-hybridized carbons (Fsp3) is 0.857. The highest BCUT2D eigenvalue weighted by Gasteiger charge is 2.13. The molecule has 1 heterocycles. The SMILES string of the molecule is NC1=NCCC(CCO)C1. The molecule has 0 saturated carbocycles. The number of aliphatic hydroxyl groups is 1. The number of nitrogens with zero attached hydrogens (tertiary/aromatic N) is 1. The second-order valence-electron chi connectivity index (χ2n) is 2.74. The summed E-state index contributed by atoms with van der Waals surface area (Å²) in [6, 6.07) is 0. The van der Waals surface area contributed by atoms with Crippen molar-refractivity contribution in [1.29, 1.82) is 0 Å². The van der Waals surface area contributed by atoms with Gasteiger partial charge in [-0.25, -0.2) is 0 Å². The fourth-order valence-corrected chi connectivity index (χ4v) is 1.28. The summed E-state index contributed by atoms with van der Waals surface area (Å²) in [5.74, 6) is 1.33. The van der Waals surface area contributed by atoms with Crippen LogP contribution in [0.25, 0.3) is 0 Å². The highest BCUT2D eigenvalue weighted by molar-refractivity contribution is 5.81.